The first-order valence-corrected chi connectivity index (χ1v) is 12.1. The van der Waals surface area contributed by atoms with Crippen molar-refractivity contribution >= 4 is 33.4 Å². The number of hydrogen-bond acceptors (Lipinski definition) is 4. The normalized spacial score (nSPS) is 20.0. The van der Waals surface area contributed by atoms with Gasteiger partial charge in [0.25, 0.3) is 0 Å². The van der Waals surface area contributed by atoms with E-state index < -0.39 is 27.4 Å². The molecule has 0 radical (unpaired) electrons. The summed E-state index contributed by atoms with van der Waals surface area (Å²) in [5.41, 5.74) is 1.38. The molecule has 1 atom stereocenters. The molecule has 2 amide bonds. The molecule has 2 aromatic rings. The fraction of sp³-hybridized carbons (Fsp3) is 0.364. The van der Waals surface area contributed by atoms with E-state index in [1.165, 1.54) is 4.90 Å². The first-order chi connectivity index (χ1) is 14.5. The van der Waals surface area contributed by atoms with E-state index in [-0.39, 0.29) is 26.2 Å². The molecule has 1 aliphatic heterocycles. The van der Waals surface area contributed by atoms with Crippen LogP contribution in [0.1, 0.15) is 23.6 Å². The number of amides is 2. The van der Waals surface area contributed by atoms with Crippen molar-refractivity contribution in [3.05, 3.63) is 70.2 Å². The molecule has 1 aliphatic rings. The molecular weight excluding hydrogens is 438 g/mol. The van der Waals surface area contributed by atoms with Gasteiger partial charge in [-0.3, -0.25) is 9.59 Å². The van der Waals surface area contributed by atoms with Crippen LogP contribution in [0.3, 0.4) is 0 Å². The van der Waals surface area contributed by atoms with Crippen molar-refractivity contribution in [3.63, 3.8) is 0 Å². The SMILES string of the molecule is Cc1cccc(CN2C(=O)CN(S(C)(=O)=O)C[C@@]2(C)C(=O)NCc2ccc(Cl)cc2)c1. The highest BCUT2D eigenvalue weighted by Crippen LogP contribution is 2.27. The molecule has 1 N–H and O–H groups in total. The third-order valence-corrected chi connectivity index (χ3v) is 6.89. The minimum atomic E-state index is -3.65. The lowest BCUT2D eigenvalue weighted by Gasteiger charge is -2.46. The van der Waals surface area contributed by atoms with Crippen molar-refractivity contribution in [2.75, 3.05) is 19.3 Å². The molecular formula is C22H26ClN3O4S. The Labute approximate surface area is 188 Å². The zero-order chi connectivity index (χ0) is 22.8. The molecule has 31 heavy (non-hydrogen) atoms. The van der Waals surface area contributed by atoms with Gasteiger partial charge in [-0.2, -0.15) is 4.31 Å². The summed E-state index contributed by atoms with van der Waals surface area (Å²) in [7, 11) is -3.65. The maximum Gasteiger partial charge on any atom is 0.247 e. The number of benzene rings is 2. The van der Waals surface area contributed by atoms with Crippen LogP contribution in [0.25, 0.3) is 0 Å². The summed E-state index contributed by atoms with van der Waals surface area (Å²) in [5, 5.41) is 3.44. The van der Waals surface area contributed by atoms with E-state index in [2.05, 4.69) is 5.32 Å². The molecule has 3 rings (SSSR count). The molecule has 9 heteroatoms. The zero-order valence-corrected chi connectivity index (χ0v) is 19.3. The second kappa shape index (κ2) is 8.98. The van der Waals surface area contributed by atoms with E-state index in [0.29, 0.717) is 5.02 Å². The van der Waals surface area contributed by atoms with Crippen LogP contribution in [0.2, 0.25) is 5.02 Å². The topological polar surface area (TPSA) is 86.8 Å². The van der Waals surface area contributed by atoms with Crippen LogP contribution in [-0.4, -0.2) is 54.3 Å². The Hall–Kier alpha value is -2.42. The molecule has 1 fully saturated rings. The number of halogens is 1. The average molecular weight is 464 g/mol. The van der Waals surface area contributed by atoms with Crippen LogP contribution >= 0.6 is 11.6 Å². The Morgan fingerprint density at radius 3 is 2.45 bits per heavy atom. The molecule has 0 aromatic heterocycles. The number of piperazine rings is 1. The van der Waals surface area contributed by atoms with E-state index >= 15 is 0 Å². The quantitative estimate of drug-likeness (QED) is 0.712. The van der Waals surface area contributed by atoms with Gasteiger partial charge in [-0.05, 0) is 37.1 Å². The number of carbonyl (C=O) groups excluding carboxylic acids is 2. The number of aryl methyl sites for hydroxylation is 1. The van der Waals surface area contributed by atoms with Gasteiger partial charge in [-0.25, -0.2) is 8.42 Å². The maximum atomic E-state index is 13.3. The van der Waals surface area contributed by atoms with Gasteiger partial charge in [0.2, 0.25) is 21.8 Å². The Morgan fingerprint density at radius 2 is 1.84 bits per heavy atom. The molecule has 0 spiro atoms. The summed E-state index contributed by atoms with van der Waals surface area (Å²) >= 11 is 5.91. The summed E-state index contributed by atoms with van der Waals surface area (Å²) in [6.45, 7) is 3.60. The highest BCUT2D eigenvalue weighted by atomic mass is 35.5. The molecule has 1 heterocycles. The van der Waals surface area contributed by atoms with E-state index in [0.717, 1.165) is 27.3 Å². The first kappa shape index (κ1) is 23.2. The number of nitrogens with one attached hydrogen (secondary N) is 1. The second-order valence-corrected chi connectivity index (χ2v) is 10.5. The van der Waals surface area contributed by atoms with Crippen molar-refractivity contribution < 1.29 is 18.0 Å². The first-order valence-electron chi connectivity index (χ1n) is 9.83. The summed E-state index contributed by atoms with van der Waals surface area (Å²) in [5.74, 6) is -0.834. The minimum Gasteiger partial charge on any atom is -0.350 e. The number of carbonyl (C=O) groups is 2. The molecule has 7 nitrogen and oxygen atoms in total. The van der Waals surface area contributed by atoms with Gasteiger partial charge in [0.1, 0.15) is 5.54 Å². The zero-order valence-electron chi connectivity index (χ0n) is 17.8. The summed E-state index contributed by atoms with van der Waals surface area (Å²) in [4.78, 5) is 27.8. The lowest BCUT2D eigenvalue weighted by atomic mass is 9.94. The predicted molar refractivity (Wildman–Crippen MR) is 120 cm³/mol. The largest absolute Gasteiger partial charge is 0.350 e. The summed E-state index contributed by atoms with van der Waals surface area (Å²) in [6, 6.07) is 14.7. The van der Waals surface area contributed by atoms with Crippen LogP contribution in [0.15, 0.2) is 48.5 Å². The van der Waals surface area contributed by atoms with Gasteiger partial charge in [-0.1, -0.05) is 53.6 Å². The lowest BCUT2D eigenvalue weighted by molar-refractivity contribution is -0.153. The van der Waals surface area contributed by atoms with Gasteiger partial charge in [0, 0.05) is 24.7 Å². The van der Waals surface area contributed by atoms with Crippen molar-refractivity contribution in [1.29, 1.82) is 0 Å². The van der Waals surface area contributed by atoms with Gasteiger partial charge in [0.15, 0.2) is 0 Å². The average Bonchev–Trinajstić information content (AvgIpc) is 2.69. The third-order valence-electron chi connectivity index (χ3n) is 5.44. The second-order valence-electron chi connectivity index (χ2n) is 8.08. The minimum absolute atomic E-state index is 0.115. The number of nitrogens with zero attached hydrogens (tertiary/aromatic N) is 2. The molecule has 2 aromatic carbocycles. The monoisotopic (exact) mass is 463 g/mol. The standard InChI is InChI=1S/C22H26ClN3O4S/c1-16-5-4-6-18(11-16)13-26-20(27)14-25(31(3,29)30)15-22(26,2)21(28)24-12-17-7-9-19(23)10-8-17/h4-11H,12-15H2,1-3H3,(H,24,28)/t22-/m0/s1. The molecule has 0 aliphatic carbocycles. The highest BCUT2D eigenvalue weighted by molar-refractivity contribution is 7.88. The summed E-state index contributed by atoms with van der Waals surface area (Å²) in [6.07, 6.45) is 1.04. The van der Waals surface area contributed by atoms with E-state index in [4.69, 9.17) is 11.6 Å². The number of rotatable bonds is 6. The molecule has 0 unspecified atom stereocenters. The molecule has 0 bridgehead atoms. The van der Waals surface area contributed by atoms with Gasteiger partial charge < -0.3 is 10.2 Å². The molecule has 1 saturated heterocycles. The molecule has 166 valence electrons. The Morgan fingerprint density at radius 1 is 1.16 bits per heavy atom. The van der Waals surface area contributed by atoms with E-state index in [1.54, 1.807) is 31.2 Å². The lowest BCUT2D eigenvalue weighted by Crippen LogP contribution is -2.69. The molecule has 0 saturated carbocycles. The highest BCUT2D eigenvalue weighted by Gasteiger charge is 2.49. The fourth-order valence-corrected chi connectivity index (χ4v) is 4.61. The Balaban J connectivity index is 1.88. The van der Waals surface area contributed by atoms with Crippen molar-refractivity contribution in [3.8, 4) is 0 Å². The van der Waals surface area contributed by atoms with Gasteiger partial charge in [0.05, 0.1) is 12.8 Å². The smallest absolute Gasteiger partial charge is 0.247 e. The van der Waals surface area contributed by atoms with Gasteiger partial charge in [-0.15, -0.1) is 0 Å². The van der Waals surface area contributed by atoms with Crippen LogP contribution in [0.4, 0.5) is 0 Å². The van der Waals surface area contributed by atoms with E-state index in [9.17, 15) is 18.0 Å². The fourth-order valence-electron chi connectivity index (χ4n) is 3.66. The Bertz CT molecular complexity index is 1090. The van der Waals surface area contributed by atoms with Crippen molar-refractivity contribution in [2.24, 2.45) is 0 Å². The van der Waals surface area contributed by atoms with Crippen LogP contribution < -0.4 is 5.32 Å². The predicted octanol–water partition coefficient (Wildman–Crippen LogP) is 2.33. The van der Waals surface area contributed by atoms with Crippen molar-refractivity contribution in [1.82, 2.24) is 14.5 Å². The number of sulfonamides is 1. The Kier molecular flexibility index (Phi) is 6.73. The van der Waals surface area contributed by atoms with Crippen LogP contribution in [0, 0.1) is 6.92 Å². The third kappa shape index (κ3) is 5.44. The maximum absolute atomic E-state index is 13.3. The van der Waals surface area contributed by atoms with E-state index in [1.807, 2.05) is 31.2 Å². The number of hydrogen-bond donors (Lipinski definition) is 1. The van der Waals surface area contributed by atoms with Crippen LogP contribution in [0.5, 0.6) is 0 Å². The van der Waals surface area contributed by atoms with Crippen molar-refractivity contribution in [2.45, 2.75) is 32.5 Å². The van der Waals surface area contributed by atoms with Gasteiger partial charge >= 0.3 is 0 Å². The summed E-state index contributed by atoms with van der Waals surface area (Å²) < 4.78 is 25.4. The van der Waals surface area contributed by atoms with Crippen LogP contribution in [-0.2, 0) is 32.7 Å².